The Morgan fingerprint density at radius 2 is 2.20 bits per heavy atom. The topological polar surface area (TPSA) is 47.7 Å². The molecule has 0 amide bonds. The van der Waals surface area contributed by atoms with Crippen molar-refractivity contribution >= 4 is 0 Å². The predicted octanol–water partition coefficient (Wildman–Crippen LogP) is 2.06. The number of morpholine rings is 1. The summed E-state index contributed by atoms with van der Waals surface area (Å²) in [5.74, 6) is 0.935. The van der Waals surface area contributed by atoms with Crippen LogP contribution in [-0.2, 0) is 16.0 Å². The van der Waals surface area contributed by atoms with E-state index in [2.05, 4.69) is 17.0 Å². The predicted molar refractivity (Wildman–Crippen MR) is 74.6 cm³/mol. The molecule has 1 saturated carbocycles. The normalized spacial score (nSPS) is 30.6. The summed E-state index contributed by atoms with van der Waals surface area (Å²) in [6, 6.07) is 0.467. The van der Waals surface area contributed by atoms with Gasteiger partial charge in [0.05, 0.1) is 24.5 Å². The number of hydrogen-bond donors (Lipinski definition) is 0. The quantitative estimate of drug-likeness (QED) is 0.845. The molecule has 20 heavy (non-hydrogen) atoms. The Labute approximate surface area is 120 Å². The first-order chi connectivity index (χ1) is 9.70. The molecule has 1 aliphatic heterocycles. The number of hydrogen-bond acceptors (Lipinski definition) is 5. The Morgan fingerprint density at radius 3 is 2.90 bits per heavy atom. The van der Waals surface area contributed by atoms with E-state index in [-0.39, 0.29) is 12.2 Å². The molecule has 0 N–H and O–H groups in total. The van der Waals surface area contributed by atoms with Gasteiger partial charge in [-0.1, -0.05) is 5.16 Å². The Morgan fingerprint density at radius 1 is 1.35 bits per heavy atom. The van der Waals surface area contributed by atoms with E-state index >= 15 is 0 Å². The molecule has 0 aromatic carbocycles. The summed E-state index contributed by atoms with van der Waals surface area (Å²) < 4.78 is 17.1. The Bertz CT molecular complexity index is 440. The van der Waals surface area contributed by atoms with Crippen molar-refractivity contribution in [1.29, 1.82) is 0 Å². The summed E-state index contributed by atoms with van der Waals surface area (Å²) in [6.07, 6.45) is 2.74. The van der Waals surface area contributed by atoms with Crippen LogP contribution in [0.5, 0.6) is 0 Å². The third-order valence-corrected chi connectivity index (χ3v) is 4.57. The second kappa shape index (κ2) is 5.84. The van der Waals surface area contributed by atoms with E-state index in [0.717, 1.165) is 50.6 Å². The van der Waals surface area contributed by atoms with Crippen LogP contribution in [0.25, 0.3) is 0 Å². The summed E-state index contributed by atoms with van der Waals surface area (Å²) in [5, 5.41) is 4.05. The van der Waals surface area contributed by atoms with Crippen molar-refractivity contribution in [1.82, 2.24) is 10.1 Å². The van der Waals surface area contributed by atoms with Gasteiger partial charge in [-0.3, -0.25) is 4.90 Å². The van der Waals surface area contributed by atoms with Crippen LogP contribution >= 0.6 is 0 Å². The molecular formula is C15H24N2O3. The largest absolute Gasteiger partial charge is 0.376 e. The zero-order valence-electron chi connectivity index (χ0n) is 12.6. The molecule has 1 aromatic heterocycles. The molecule has 0 spiro atoms. The molecule has 112 valence electrons. The van der Waals surface area contributed by atoms with Gasteiger partial charge in [-0.05, 0) is 33.6 Å². The number of ether oxygens (including phenoxy) is 2. The summed E-state index contributed by atoms with van der Waals surface area (Å²) in [4.78, 5) is 2.51. The van der Waals surface area contributed by atoms with Gasteiger partial charge in [-0.15, -0.1) is 0 Å². The monoisotopic (exact) mass is 280 g/mol. The summed E-state index contributed by atoms with van der Waals surface area (Å²) in [5.41, 5.74) is 2.23. The van der Waals surface area contributed by atoms with Crippen molar-refractivity contribution < 1.29 is 14.0 Å². The molecule has 2 heterocycles. The minimum Gasteiger partial charge on any atom is -0.376 e. The molecule has 0 bridgehead atoms. The van der Waals surface area contributed by atoms with Gasteiger partial charge in [-0.25, -0.2) is 0 Å². The minimum atomic E-state index is 0.226. The lowest BCUT2D eigenvalue weighted by atomic mass is 10.1. The average Bonchev–Trinajstić information content (AvgIpc) is 2.99. The summed E-state index contributed by atoms with van der Waals surface area (Å²) in [7, 11) is 0. The number of rotatable bonds is 4. The molecule has 1 saturated heterocycles. The summed E-state index contributed by atoms with van der Waals surface area (Å²) in [6.45, 7) is 9.49. The molecule has 3 atom stereocenters. The van der Waals surface area contributed by atoms with Crippen LogP contribution in [0.15, 0.2) is 4.52 Å². The molecule has 2 fully saturated rings. The lowest BCUT2D eigenvalue weighted by Crippen LogP contribution is -2.51. The van der Waals surface area contributed by atoms with Crippen LogP contribution in [0.3, 0.4) is 0 Å². The second-order valence-electron chi connectivity index (χ2n) is 5.75. The summed E-state index contributed by atoms with van der Waals surface area (Å²) >= 11 is 0. The Balaban J connectivity index is 1.71. The van der Waals surface area contributed by atoms with E-state index in [1.807, 2.05) is 13.8 Å². The Hall–Kier alpha value is -0.910. The van der Waals surface area contributed by atoms with Crippen LogP contribution in [0, 0.1) is 13.8 Å². The number of aromatic nitrogens is 1. The lowest BCUT2D eigenvalue weighted by molar-refractivity contribution is -0.113. The molecule has 0 unspecified atom stereocenters. The van der Waals surface area contributed by atoms with Crippen LogP contribution in [0.1, 0.15) is 36.8 Å². The zero-order chi connectivity index (χ0) is 14.1. The van der Waals surface area contributed by atoms with Crippen LogP contribution in [0.2, 0.25) is 0 Å². The molecule has 0 radical (unpaired) electrons. The van der Waals surface area contributed by atoms with Crippen LogP contribution < -0.4 is 0 Å². The fraction of sp³-hybridized carbons (Fsp3) is 0.800. The smallest absolute Gasteiger partial charge is 0.138 e. The van der Waals surface area contributed by atoms with Crippen molar-refractivity contribution in [2.75, 3.05) is 19.8 Å². The third-order valence-electron chi connectivity index (χ3n) is 4.57. The highest BCUT2D eigenvalue weighted by atomic mass is 16.5. The van der Waals surface area contributed by atoms with Gasteiger partial charge < -0.3 is 14.0 Å². The van der Waals surface area contributed by atoms with Crippen LogP contribution in [-0.4, -0.2) is 48.1 Å². The van der Waals surface area contributed by atoms with Gasteiger partial charge in [0.1, 0.15) is 5.76 Å². The molecular weight excluding hydrogens is 256 g/mol. The first-order valence-corrected chi connectivity index (χ1v) is 7.59. The minimum absolute atomic E-state index is 0.226. The van der Waals surface area contributed by atoms with Gasteiger partial charge in [0.15, 0.2) is 0 Å². The van der Waals surface area contributed by atoms with E-state index < -0.39 is 0 Å². The second-order valence-corrected chi connectivity index (χ2v) is 5.75. The average molecular weight is 280 g/mol. The van der Waals surface area contributed by atoms with Gasteiger partial charge in [0.25, 0.3) is 0 Å². The van der Waals surface area contributed by atoms with Crippen molar-refractivity contribution in [3.8, 4) is 0 Å². The first kappa shape index (κ1) is 14.0. The van der Waals surface area contributed by atoms with E-state index in [1.165, 1.54) is 5.56 Å². The number of fused-ring (bicyclic) bond motifs is 1. The highest BCUT2D eigenvalue weighted by Crippen LogP contribution is 2.33. The number of nitrogens with zero attached hydrogens (tertiary/aromatic N) is 2. The SMILES string of the molecule is CCO[C@H]1CC[C@H]2[C@H]1OCCN2Cc1c(C)noc1C. The zero-order valence-corrected chi connectivity index (χ0v) is 12.6. The van der Waals surface area contributed by atoms with Crippen molar-refractivity contribution in [3.63, 3.8) is 0 Å². The van der Waals surface area contributed by atoms with E-state index in [9.17, 15) is 0 Å². The molecule has 5 nitrogen and oxygen atoms in total. The van der Waals surface area contributed by atoms with Gasteiger partial charge >= 0.3 is 0 Å². The highest BCUT2D eigenvalue weighted by Gasteiger charge is 2.43. The van der Waals surface area contributed by atoms with Gasteiger partial charge in [0.2, 0.25) is 0 Å². The van der Waals surface area contributed by atoms with Crippen molar-refractivity contribution in [2.24, 2.45) is 0 Å². The Kier molecular flexibility index (Phi) is 4.10. The van der Waals surface area contributed by atoms with E-state index in [0.29, 0.717) is 6.04 Å². The van der Waals surface area contributed by atoms with Crippen molar-refractivity contribution in [2.45, 2.75) is 58.4 Å². The molecule has 2 aliphatic rings. The molecule has 3 rings (SSSR count). The highest BCUT2D eigenvalue weighted by molar-refractivity contribution is 5.21. The lowest BCUT2D eigenvalue weighted by Gasteiger charge is -2.39. The third kappa shape index (κ3) is 2.50. The van der Waals surface area contributed by atoms with Crippen LogP contribution in [0.4, 0.5) is 0 Å². The maximum atomic E-state index is 5.97. The van der Waals surface area contributed by atoms with E-state index in [1.54, 1.807) is 0 Å². The maximum absolute atomic E-state index is 5.97. The fourth-order valence-corrected chi connectivity index (χ4v) is 3.51. The number of aryl methyl sites for hydroxylation is 2. The van der Waals surface area contributed by atoms with Gasteiger partial charge in [0, 0.05) is 31.3 Å². The molecule has 1 aliphatic carbocycles. The first-order valence-electron chi connectivity index (χ1n) is 7.59. The van der Waals surface area contributed by atoms with Gasteiger partial charge in [-0.2, -0.15) is 0 Å². The van der Waals surface area contributed by atoms with Crippen molar-refractivity contribution in [3.05, 3.63) is 17.0 Å². The molecule has 5 heteroatoms. The standard InChI is InChI=1S/C15H24N2O3/c1-4-18-14-6-5-13-15(14)19-8-7-17(13)9-12-10(2)16-20-11(12)3/h13-15H,4-9H2,1-3H3/t13-,14-,15+/m0/s1. The maximum Gasteiger partial charge on any atom is 0.138 e. The van der Waals surface area contributed by atoms with E-state index in [4.69, 9.17) is 14.0 Å². The fourth-order valence-electron chi connectivity index (χ4n) is 3.51. The molecule has 1 aromatic rings.